The molecule has 29 heavy (non-hydrogen) atoms. The lowest BCUT2D eigenvalue weighted by molar-refractivity contribution is -0.136. The van der Waals surface area contributed by atoms with Gasteiger partial charge in [-0.15, -0.1) is 10.2 Å². The second kappa shape index (κ2) is 7.51. The molecule has 1 aromatic carbocycles. The van der Waals surface area contributed by atoms with Crippen LogP contribution in [0, 0.1) is 5.92 Å². The van der Waals surface area contributed by atoms with Crippen LogP contribution in [0.25, 0.3) is 11.3 Å². The van der Waals surface area contributed by atoms with Gasteiger partial charge < -0.3 is 25.5 Å². The van der Waals surface area contributed by atoms with Crippen LogP contribution in [0.4, 0.5) is 11.5 Å². The van der Waals surface area contributed by atoms with Crippen molar-refractivity contribution in [2.75, 3.05) is 49.5 Å². The third-order valence-electron chi connectivity index (χ3n) is 6.21. The molecule has 0 spiro atoms. The van der Waals surface area contributed by atoms with Crippen molar-refractivity contribution in [3.05, 3.63) is 30.3 Å². The van der Waals surface area contributed by atoms with Crippen molar-refractivity contribution in [1.29, 1.82) is 0 Å². The molecular formula is C21H26N6O2. The Morgan fingerprint density at radius 2 is 2.07 bits per heavy atom. The minimum Gasteiger partial charge on any atom is -0.507 e. The molecule has 2 atom stereocenters. The number of aromatic hydroxyl groups is 1. The summed E-state index contributed by atoms with van der Waals surface area (Å²) in [5.74, 6) is 1.35. The van der Waals surface area contributed by atoms with Crippen LogP contribution < -0.4 is 15.5 Å². The van der Waals surface area contributed by atoms with Crippen LogP contribution in [0.2, 0.25) is 0 Å². The lowest BCUT2D eigenvalue weighted by Crippen LogP contribution is -2.60. The molecule has 0 aliphatic carbocycles. The molecule has 152 valence electrons. The maximum Gasteiger partial charge on any atom is 0.227 e. The number of phenols is 1. The molecule has 1 aromatic heterocycles. The maximum atomic E-state index is 12.9. The first-order valence-corrected chi connectivity index (χ1v) is 10.4. The topological polar surface area (TPSA) is 93.6 Å². The van der Waals surface area contributed by atoms with Gasteiger partial charge in [0, 0.05) is 38.3 Å². The number of nitrogens with one attached hydrogen (secondary N) is 2. The standard InChI is InChI=1S/C21H26N6O2/c28-19-6-2-1-5-16(19)17-10-18-20(25-24-17)23-12-15-13-26(8-9-27(15)18)21(29)14-4-3-7-22-11-14/h1-2,5-6,10,14-15,22,28H,3-4,7-9,11-13H2,(H,23,25)/t14-,15+/m1/s1. The highest BCUT2D eigenvalue weighted by Crippen LogP contribution is 2.36. The van der Waals surface area contributed by atoms with Crippen molar-refractivity contribution < 1.29 is 9.90 Å². The molecule has 2 saturated heterocycles. The third-order valence-corrected chi connectivity index (χ3v) is 6.21. The van der Waals surface area contributed by atoms with E-state index in [0.29, 0.717) is 11.3 Å². The van der Waals surface area contributed by atoms with Gasteiger partial charge in [-0.2, -0.15) is 0 Å². The molecule has 3 aliphatic heterocycles. The Labute approximate surface area is 169 Å². The molecule has 8 heteroatoms. The fourth-order valence-electron chi connectivity index (χ4n) is 4.63. The van der Waals surface area contributed by atoms with Gasteiger partial charge in [0.15, 0.2) is 5.82 Å². The van der Waals surface area contributed by atoms with Gasteiger partial charge in [0.05, 0.1) is 23.3 Å². The van der Waals surface area contributed by atoms with Crippen molar-refractivity contribution in [2.24, 2.45) is 5.92 Å². The predicted molar refractivity (Wildman–Crippen MR) is 111 cm³/mol. The minimum absolute atomic E-state index is 0.109. The van der Waals surface area contributed by atoms with E-state index >= 15 is 0 Å². The molecule has 5 rings (SSSR count). The SMILES string of the molecule is O=C([C@@H]1CCCNC1)N1CCN2c3cc(-c4ccccc4O)nnc3NC[C@H]2C1. The highest BCUT2D eigenvalue weighted by atomic mass is 16.3. The average Bonchev–Trinajstić information content (AvgIpc) is 2.78. The molecule has 4 heterocycles. The highest BCUT2D eigenvalue weighted by molar-refractivity contribution is 5.81. The fourth-order valence-corrected chi connectivity index (χ4v) is 4.63. The zero-order valence-corrected chi connectivity index (χ0v) is 16.3. The Bertz CT molecular complexity index is 914. The predicted octanol–water partition coefficient (Wildman–Crippen LogP) is 1.29. The number of rotatable bonds is 2. The van der Waals surface area contributed by atoms with Gasteiger partial charge in [0.2, 0.25) is 5.91 Å². The van der Waals surface area contributed by atoms with Crippen LogP contribution in [0.3, 0.4) is 0 Å². The lowest BCUT2D eigenvalue weighted by atomic mass is 9.97. The second-order valence-corrected chi connectivity index (χ2v) is 8.04. The van der Waals surface area contributed by atoms with Gasteiger partial charge in [-0.1, -0.05) is 12.1 Å². The van der Waals surface area contributed by atoms with E-state index in [-0.39, 0.29) is 23.6 Å². The lowest BCUT2D eigenvalue weighted by Gasteiger charge is -2.46. The third kappa shape index (κ3) is 3.37. The summed E-state index contributed by atoms with van der Waals surface area (Å²) in [5, 5.41) is 25.5. The zero-order chi connectivity index (χ0) is 19.8. The molecule has 0 radical (unpaired) electrons. The van der Waals surface area contributed by atoms with Gasteiger partial charge in [0.25, 0.3) is 0 Å². The second-order valence-electron chi connectivity index (χ2n) is 8.04. The Kier molecular flexibility index (Phi) is 4.71. The molecule has 0 unspecified atom stereocenters. The summed E-state index contributed by atoms with van der Waals surface area (Å²) >= 11 is 0. The molecule has 2 aromatic rings. The molecule has 8 nitrogen and oxygen atoms in total. The number of fused-ring (bicyclic) bond motifs is 3. The first kappa shape index (κ1) is 18.2. The van der Waals surface area contributed by atoms with Crippen LogP contribution in [-0.2, 0) is 4.79 Å². The summed E-state index contributed by atoms with van der Waals surface area (Å²) in [6.45, 7) is 4.77. The van der Waals surface area contributed by atoms with E-state index in [1.165, 1.54) is 0 Å². The molecule has 1 amide bonds. The molecule has 3 aliphatic rings. The average molecular weight is 394 g/mol. The van der Waals surface area contributed by atoms with Gasteiger partial charge >= 0.3 is 0 Å². The van der Waals surface area contributed by atoms with Crippen LogP contribution in [0.5, 0.6) is 5.75 Å². The van der Waals surface area contributed by atoms with E-state index in [4.69, 9.17) is 0 Å². The molecule has 0 bridgehead atoms. The number of anilines is 2. The summed E-state index contributed by atoms with van der Waals surface area (Å²) in [6.07, 6.45) is 2.06. The summed E-state index contributed by atoms with van der Waals surface area (Å²) in [4.78, 5) is 17.3. The molecular weight excluding hydrogens is 368 g/mol. The van der Waals surface area contributed by atoms with Gasteiger partial charge in [-0.05, 0) is 37.6 Å². The molecule has 3 N–H and O–H groups in total. The van der Waals surface area contributed by atoms with E-state index in [1.54, 1.807) is 12.1 Å². The number of carbonyl (C=O) groups excluding carboxylic acids is 1. The molecule has 0 saturated carbocycles. The van der Waals surface area contributed by atoms with Crippen molar-refractivity contribution in [3.63, 3.8) is 0 Å². The number of aromatic nitrogens is 2. The van der Waals surface area contributed by atoms with E-state index < -0.39 is 0 Å². The number of carbonyl (C=O) groups is 1. The quantitative estimate of drug-likeness (QED) is 0.707. The fraction of sp³-hybridized carbons (Fsp3) is 0.476. The number of nitrogens with zero attached hydrogens (tertiary/aromatic N) is 4. The smallest absolute Gasteiger partial charge is 0.227 e. The highest BCUT2D eigenvalue weighted by Gasteiger charge is 2.36. The Hall–Kier alpha value is -2.87. The number of phenolic OH excluding ortho intramolecular Hbond substituents is 1. The summed E-state index contributed by atoms with van der Waals surface area (Å²) in [6, 6.07) is 9.36. The maximum absolute atomic E-state index is 12.9. The van der Waals surface area contributed by atoms with Crippen molar-refractivity contribution in [1.82, 2.24) is 20.4 Å². The monoisotopic (exact) mass is 394 g/mol. The van der Waals surface area contributed by atoms with E-state index in [9.17, 15) is 9.90 Å². The van der Waals surface area contributed by atoms with Crippen molar-refractivity contribution in [2.45, 2.75) is 18.9 Å². The Balaban J connectivity index is 1.36. The number of benzene rings is 1. The van der Waals surface area contributed by atoms with Crippen LogP contribution in [-0.4, -0.2) is 71.4 Å². The normalized spacial score (nSPS) is 23.7. The zero-order valence-electron chi connectivity index (χ0n) is 16.3. The largest absolute Gasteiger partial charge is 0.507 e. The van der Waals surface area contributed by atoms with Crippen molar-refractivity contribution >= 4 is 17.4 Å². The van der Waals surface area contributed by atoms with Gasteiger partial charge in [-0.3, -0.25) is 4.79 Å². The Morgan fingerprint density at radius 1 is 1.17 bits per heavy atom. The number of hydrogen-bond donors (Lipinski definition) is 3. The van der Waals surface area contributed by atoms with Crippen molar-refractivity contribution in [3.8, 4) is 17.0 Å². The number of piperidine rings is 1. The van der Waals surface area contributed by atoms with E-state index in [1.807, 2.05) is 23.1 Å². The first-order chi connectivity index (χ1) is 14.2. The summed E-state index contributed by atoms with van der Waals surface area (Å²) in [7, 11) is 0. The Morgan fingerprint density at radius 3 is 2.90 bits per heavy atom. The van der Waals surface area contributed by atoms with Crippen LogP contribution >= 0.6 is 0 Å². The molecule has 2 fully saturated rings. The van der Waals surface area contributed by atoms with Gasteiger partial charge in [-0.25, -0.2) is 0 Å². The number of para-hydroxylation sites is 1. The number of piperazine rings is 1. The van der Waals surface area contributed by atoms with Crippen LogP contribution in [0.15, 0.2) is 30.3 Å². The van der Waals surface area contributed by atoms with Gasteiger partial charge in [0.1, 0.15) is 5.75 Å². The first-order valence-electron chi connectivity index (χ1n) is 10.4. The van der Waals surface area contributed by atoms with Crippen LogP contribution in [0.1, 0.15) is 12.8 Å². The number of hydrogen-bond acceptors (Lipinski definition) is 7. The number of amides is 1. The minimum atomic E-state index is 0.109. The van der Waals surface area contributed by atoms with E-state index in [2.05, 4.69) is 25.7 Å². The van der Waals surface area contributed by atoms with E-state index in [0.717, 1.165) is 63.6 Å². The summed E-state index contributed by atoms with van der Waals surface area (Å²) in [5.41, 5.74) is 2.31. The summed E-state index contributed by atoms with van der Waals surface area (Å²) < 4.78 is 0.